The van der Waals surface area contributed by atoms with Crippen molar-refractivity contribution < 1.29 is 9.13 Å². The van der Waals surface area contributed by atoms with Crippen molar-refractivity contribution in [1.29, 1.82) is 0 Å². The largest absolute Gasteiger partial charge is 0.488 e. The van der Waals surface area contributed by atoms with Crippen LogP contribution in [-0.2, 0) is 12.5 Å². The lowest BCUT2D eigenvalue weighted by Gasteiger charge is -2.14. The lowest BCUT2D eigenvalue weighted by Crippen LogP contribution is -2.02. The van der Waals surface area contributed by atoms with E-state index in [1.165, 1.54) is 12.1 Å². The van der Waals surface area contributed by atoms with Gasteiger partial charge < -0.3 is 4.74 Å². The molecule has 0 atom stereocenters. The van der Waals surface area contributed by atoms with Crippen molar-refractivity contribution in [2.45, 2.75) is 26.3 Å². The van der Waals surface area contributed by atoms with Crippen LogP contribution in [0.5, 0.6) is 5.75 Å². The first-order valence-corrected chi connectivity index (χ1v) is 7.15. The number of ether oxygens (including phenoxy) is 1. The lowest BCUT2D eigenvalue weighted by atomic mass is 10.1. The molecule has 0 fully saturated rings. The third-order valence-corrected chi connectivity index (χ3v) is 3.60. The number of benzene rings is 2. The van der Waals surface area contributed by atoms with Crippen LogP contribution in [0.1, 0.15) is 22.3 Å². The summed E-state index contributed by atoms with van der Waals surface area (Å²) in [5.74, 6) is 0.908. The van der Waals surface area contributed by atoms with Gasteiger partial charge in [-0.2, -0.15) is 0 Å². The average molecular weight is 313 g/mol. The quantitative estimate of drug-likeness (QED) is 0.685. The molecule has 0 radical (unpaired) electrons. The zero-order valence-corrected chi connectivity index (χ0v) is 12.9. The number of aryl methyl sites for hydroxylation is 2. The molecule has 0 aliphatic heterocycles. The predicted octanol–water partition coefficient (Wildman–Crippen LogP) is 5.41. The molecule has 2 aromatic rings. The van der Waals surface area contributed by atoms with Crippen molar-refractivity contribution in [3.63, 3.8) is 0 Å². The van der Waals surface area contributed by atoms with Gasteiger partial charge in [-0.05, 0) is 48.7 Å². The van der Waals surface area contributed by atoms with E-state index in [-0.39, 0.29) is 12.4 Å². The van der Waals surface area contributed by atoms with E-state index in [1.54, 1.807) is 6.07 Å². The fourth-order valence-corrected chi connectivity index (χ4v) is 2.50. The summed E-state index contributed by atoms with van der Waals surface area (Å²) in [4.78, 5) is 0. The summed E-state index contributed by atoms with van der Waals surface area (Å²) in [6, 6.07) is 8.39. The van der Waals surface area contributed by atoms with Gasteiger partial charge in [0, 0.05) is 16.5 Å². The highest BCUT2D eigenvalue weighted by Crippen LogP contribution is 2.27. The van der Waals surface area contributed by atoms with Gasteiger partial charge in [-0.25, -0.2) is 4.39 Å². The first-order valence-electron chi connectivity index (χ1n) is 6.24. The van der Waals surface area contributed by atoms with Crippen LogP contribution in [-0.4, -0.2) is 0 Å². The van der Waals surface area contributed by atoms with E-state index in [0.29, 0.717) is 16.5 Å². The number of rotatable bonds is 4. The Morgan fingerprint density at radius 2 is 1.75 bits per heavy atom. The topological polar surface area (TPSA) is 9.23 Å². The molecule has 0 N–H and O–H groups in total. The van der Waals surface area contributed by atoms with E-state index < -0.39 is 0 Å². The molecule has 2 rings (SSSR count). The lowest BCUT2D eigenvalue weighted by molar-refractivity contribution is 0.295. The monoisotopic (exact) mass is 312 g/mol. The van der Waals surface area contributed by atoms with Crippen molar-refractivity contribution >= 4 is 23.2 Å². The zero-order chi connectivity index (χ0) is 14.7. The highest BCUT2D eigenvalue weighted by atomic mass is 35.5. The van der Waals surface area contributed by atoms with Crippen LogP contribution in [0.4, 0.5) is 4.39 Å². The van der Waals surface area contributed by atoms with Gasteiger partial charge in [0.25, 0.3) is 0 Å². The molecule has 0 spiro atoms. The molecule has 0 aromatic heterocycles. The summed E-state index contributed by atoms with van der Waals surface area (Å²) >= 11 is 11.7. The molecular weight excluding hydrogens is 298 g/mol. The van der Waals surface area contributed by atoms with E-state index in [1.807, 2.05) is 26.0 Å². The number of alkyl halides is 1. The number of hydrogen-bond acceptors (Lipinski definition) is 1. The molecule has 0 amide bonds. The van der Waals surface area contributed by atoms with Crippen molar-refractivity contribution in [3.8, 4) is 5.75 Å². The van der Waals surface area contributed by atoms with Gasteiger partial charge in [-0.15, -0.1) is 11.6 Å². The molecule has 20 heavy (non-hydrogen) atoms. The molecule has 0 aliphatic carbocycles. The van der Waals surface area contributed by atoms with Crippen molar-refractivity contribution in [2.24, 2.45) is 0 Å². The minimum atomic E-state index is -0.318. The summed E-state index contributed by atoms with van der Waals surface area (Å²) < 4.78 is 19.4. The smallest absolute Gasteiger partial charge is 0.129 e. The Hall–Kier alpha value is -1.25. The van der Waals surface area contributed by atoms with Gasteiger partial charge in [0.05, 0.1) is 0 Å². The minimum Gasteiger partial charge on any atom is -0.488 e. The van der Waals surface area contributed by atoms with Gasteiger partial charge in [0.1, 0.15) is 18.2 Å². The second kappa shape index (κ2) is 6.47. The molecule has 0 heterocycles. The maximum Gasteiger partial charge on any atom is 0.129 e. The van der Waals surface area contributed by atoms with Crippen LogP contribution in [0.3, 0.4) is 0 Å². The van der Waals surface area contributed by atoms with Crippen LogP contribution < -0.4 is 4.74 Å². The van der Waals surface area contributed by atoms with Crippen LogP contribution in [0, 0.1) is 19.7 Å². The maximum atomic E-state index is 13.6. The summed E-state index contributed by atoms with van der Waals surface area (Å²) in [6.45, 7) is 4.05. The first kappa shape index (κ1) is 15.1. The van der Waals surface area contributed by atoms with E-state index in [4.69, 9.17) is 27.9 Å². The molecule has 0 saturated carbocycles. The van der Waals surface area contributed by atoms with Crippen molar-refractivity contribution in [2.75, 3.05) is 0 Å². The molecular formula is C16H15Cl2FO. The van der Waals surface area contributed by atoms with Gasteiger partial charge in [-0.3, -0.25) is 0 Å². The summed E-state index contributed by atoms with van der Waals surface area (Å²) in [6.07, 6.45) is 0. The minimum absolute atomic E-state index is 0.147. The standard InChI is InChI=1S/C16H15Cl2FO/c1-10-5-12(8-17)6-11(2)16(10)20-9-13-7-14(18)3-4-15(13)19/h3-7H,8-9H2,1-2H3. The molecule has 0 bridgehead atoms. The van der Waals surface area contributed by atoms with Gasteiger partial charge in [0.2, 0.25) is 0 Å². The Bertz CT molecular complexity index is 603. The summed E-state index contributed by atoms with van der Waals surface area (Å²) in [7, 11) is 0. The summed E-state index contributed by atoms with van der Waals surface area (Å²) in [5, 5.41) is 0.496. The Morgan fingerprint density at radius 1 is 1.10 bits per heavy atom. The van der Waals surface area contributed by atoms with Crippen LogP contribution in [0.25, 0.3) is 0 Å². The third kappa shape index (κ3) is 3.44. The number of hydrogen-bond donors (Lipinski definition) is 0. The second-order valence-electron chi connectivity index (χ2n) is 4.72. The Kier molecular flexibility index (Phi) is 4.90. The second-order valence-corrected chi connectivity index (χ2v) is 5.42. The average Bonchev–Trinajstić information content (AvgIpc) is 2.41. The molecule has 0 unspecified atom stereocenters. The zero-order valence-electron chi connectivity index (χ0n) is 11.3. The van der Waals surface area contributed by atoms with Crippen LogP contribution in [0.2, 0.25) is 5.02 Å². The maximum absolute atomic E-state index is 13.6. The van der Waals surface area contributed by atoms with Crippen LogP contribution >= 0.6 is 23.2 Å². The highest BCUT2D eigenvalue weighted by Gasteiger charge is 2.09. The van der Waals surface area contributed by atoms with Crippen molar-refractivity contribution in [3.05, 3.63) is 63.4 Å². The molecule has 0 saturated heterocycles. The van der Waals surface area contributed by atoms with Gasteiger partial charge >= 0.3 is 0 Å². The predicted molar refractivity (Wildman–Crippen MR) is 81.2 cm³/mol. The molecule has 0 aliphatic rings. The normalized spacial score (nSPS) is 10.7. The first-order chi connectivity index (χ1) is 9.51. The van der Waals surface area contributed by atoms with E-state index in [9.17, 15) is 4.39 Å². The van der Waals surface area contributed by atoms with Gasteiger partial charge in [0.15, 0.2) is 0 Å². The highest BCUT2D eigenvalue weighted by molar-refractivity contribution is 6.30. The molecule has 1 nitrogen and oxygen atoms in total. The van der Waals surface area contributed by atoms with E-state index in [0.717, 1.165) is 22.4 Å². The van der Waals surface area contributed by atoms with E-state index in [2.05, 4.69) is 0 Å². The molecule has 4 heteroatoms. The Labute approximate surface area is 128 Å². The Morgan fingerprint density at radius 3 is 2.35 bits per heavy atom. The van der Waals surface area contributed by atoms with Crippen molar-refractivity contribution in [1.82, 2.24) is 0 Å². The molecule has 106 valence electrons. The van der Waals surface area contributed by atoms with E-state index >= 15 is 0 Å². The molecule has 2 aromatic carbocycles. The number of halogens is 3. The van der Waals surface area contributed by atoms with Crippen LogP contribution in [0.15, 0.2) is 30.3 Å². The fraction of sp³-hybridized carbons (Fsp3) is 0.250. The summed E-state index contributed by atoms with van der Waals surface area (Å²) in [5.41, 5.74) is 3.46. The van der Waals surface area contributed by atoms with Gasteiger partial charge in [-0.1, -0.05) is 23.7 Å². The Balaban J connectivity index is 2.21. The third-order valence-electron chi connectivity index (χ3n) is 3.05. The fourth-order valence-electron chi connectivity index (χ4n) is 2.15. The SMILES string of the molecule is Cc1cc(CCl)cc(C)c1OCc1cc(Cl)ccc1F.